The fraction of sp³-hybridized carbons (Fsp3) is 0.667. The third-order valence-electron chi connectivity index (χ3n) is 0.676. The Morgan fingerprint density at radius 2 is 2.14 bits per heavy atom. The molecule has 0 saturated carbocycles. The normalized spacial score (nSPS) is 10.6. The van der Waals surface area contributed by atoms with Gasteiger partial charge in [-0.1, -0.05) is 26.0 Å². The SMILES string of the molecule is CC/C=C/[Si]CC. The van der Waals surface area contributed by atoms with Crippen LogP contribution >= 0.6 is 0 Å². The van der Waals surface area contributed by atoms with Crippen molar-refractivity contribution in [3.05, 3.63) is 11.8 Å². The molecule has 0 aliphatic heterocycles. The summed E-state index contributed by atoms with van der Waals surface area (Å²) in [5.74, 6) is 0. The molecule has 0 heterocycles. The summed E-state index contributed by atoms with van der Waals surface area (Å²) >= 11 is 0. The first kappa shape index (κ1) is 6.96. The van der Waals surface area contributed by atoms with Crippen LogP contribution in [0.3, 0.4) is 0 Å². The van der Waals surface area contributed by atoms with Crippen LogP contribution in [-0.2, 0) is 0 Å². The molecule has 0 rings (SSSR count). The van der Waals surface area contributed by atoms with Gasteiger partial charge in [-0.25, -0.2) is 0 Å². The van der Waals surface area contributed by atoms with E-state index in [1.807, 2.05) is 0 Å². The van der Waals surface area contributed by atoms with Crippen molar-refractivity contribution in [2.45, 2.75) is 26.3 Å². The molecular weight excluding hydrogens is 100 g/mol. The van der Waals surface area contributed by atoms with E-state index in [0.717, 1.165) is 9.52 Å². The maximum Gasteiger partial charge on any atom is 0.0696 e. The first-order valence-corrected chi connectivity index (χ1v) is 4.08. The predicted octanol–water partition coefficient (Wildman–Crippen LogP) is 2.05. The Morgan fingerprint density at radius 3 is 2.57 bits per heavy atom. The molecule has 1 heteroatoms. The number of hydrogen-bond acceptors (Lipinski definition) is 0. The second-order valence-corrected chi connectivity index (χ2v) is 2.82. The lowest BCUT2D eigenvalue weighted by Crippen LogP contribution is -1.75. The van der Waals surface area contributed by atoms with Crippen LogP contribution in [0.5, 0.6) is 0 Å². The third kappa shape index (κ3) is 5.96. The summed E-state index contributed by atoms with van der Waals surface area (Å²) in [5, 5.41) is 0. The average Bonchev–Trinajstić information content (AvgIpc) is 1.69. The maximum absolute atomic E-state index is 2.26. The first-order chi connectivity index (χ1) is 3.41. The van der Waals surface area contributed by atoms with Crippen LogP contribution in [0.1, 0.15) is 20.3 Å². The Labute approximate surface area is 48.4 Å². The van der Waals surface area contributed by atoms with Gasteiger partial charge in [-0.05, 0) is 6.42 Å². The molecule has 0 unspecified atom stereocenters. The van der Waals surface area contributed by atoms with Gasteiger partial charge in [0, 0.05) is 0 Å². The van der Waals surface area contributed by atoms with Crippen LogP contribution < -0.4 is 0 Å². The molecule has 0 aromatic carbocycles. The highest BCUT2D eigenvalue weighted by Gasteiger charge is 1.70. The highest BCUT2D eigenvalue weighted by atomic mass is 28.2. The molecule has 0 spiro atoms. The molecule has 0 aromatic rings. The van der Waals surface area contributed by atoms with Crippen LogP contribution in [0.4, 0.5) is 0 Å². The van der Waals surface area contributed by atoms with E-state index >= 15 is 0 Å². The smallest absolute Gasteiger partial charge is 0.0696 e. The molecule has 0 amide bonds. The van der Waals surface area contributed by atoms with E-state index in [2.05, 4.69) is 25.6 Å². The molecule has 2 radical (unpaired) electrons. The van der Waals surface area contributed by atoms with Gasteiger partial charge in [-0.3, -0.25) is 0 Å². The van der Waals surface area contributed by atoms with E-state index in [0.29, 0.717) is 0 Å². The second kappa shape index (κ2) is 5.96. The first-order valence-electron chi connectivity index (χ1n) is 2.80. The van der Waals surface area contributed by atoms with Crippen LogP contribution in [0.25, 0.3) is 0 Å². The summed E-state index contributed by atoms with van der Waals surface area (Å²) < 4.78 is 0. The predicted molar refractivity (Wildman–Crippen MR) is 35.7 cm³/mol. The maximum atomic E-state index is 2.26. The van der Waals surface area contributed by atoms with Gasteiger partial charge in [0.1, 0.15) is 0 Å². The van der Waals surface area contributed by atoms with E-state index in [9.17, 15) is 0 Å². The molecule has 0 aliphatic rings. The van der Waals surface area contributed by atoms with E-state index < -0.39 is 0 Å². The molecule has 0 fully saturated rings. The highest BCUT2D eigenvalue weighted by Crippen LogP contribution is 1.79. The lowest BCUT2D eigenvalue weighted by molar-refractivity contribution is 1.23. The summed E-state index contributed by atoms with van der Waals surface area (Å²) in [6.45, 7) is 4.37. The van der Waals surface area contributed by atoms with Crippen LogP contribution in [0.2, 0.25) is 6.04 Å². The van der Waals surface area contributed by atoms with Crippen molar-refractivity contribution in [3.63, 3.8) is 0 Å². The van der Waals surface area contributed by atoms with E-state index in [1.165, 1.54) is 12.5 Å². The van der Waals surface area contributed by atoms with Gasteiger partial charge in [0.25, 0.3) is 0 Å². The van der Waals surface area contributed by atoms with Gasteiger partial charge in [-0.2, -0.15) is 0 Å². The zero-order chi connectivity index (χ0) is 5.54. The number of allylic oxidation sites excluding steroid dienone is 1. The Morgan fingerprint density at radius 1 is 1.43 bits per heavy atom. The Bertz CT molecular complexity index is 48.1. The highest BCUT2D eigenvalue weighted by molar-refractivity contribution is 6.41. The van der Waals surface area contributed by atoms with Gasteiger partial charge in [0.15, 0.2) is 0 Å². The lowest BCUT2D eigenvalue weighted by Gasteiger charge is -1.77. The largest absolute Gasteiger partial charge is 0.103 e. The Hall–Kier alpha value is -0.0431. The summed E-state index contributed by atoms with van der Waals surface area (Å²) in [4.78, 5) is 0. The van der Waals surface area contributed by atoms with Crippen LogP contribution in [0.15, 0.2) is 11.8 Å². The average molecular weight is 112 g/mol. The third-order valence-corrected chi connectivity index (χ3v) is 1.56. The minimum Gasteiger partial charge on any atom is -0.103 e. The number of hydrogen-bond donors (Lipinski definition) is 0. The molecule has 0 saturated heterocycles. The molecule has 0 atom stereocenters. The van der Waals surface area contributed by atoms with Crippen molar-refractivity contribution in [1.29, 1.82) is 0 Å². The molecule has 0 aromatic heterocycles. The number of rotatable bonds is 3. The van der Waals surface area contributed by atoms with Gasteiger partial charge in [0.2, 0.25) is 0 Å². The van der Waals surface area contributed by atoms with E-state index in [-0.39, 0.29) is 0 Å². The molecule has 0 nitrogen and oxygen atoms in total. The summed E-state index contributed by atoms with van der Waals surface area (Å²) in [6.07, 6.45) is 3.41. The molecule has 7 heavy (non-hydrogen) atoms. The second-order valence-electron chi connectivity index (χ2n) is 1.37. The quantitative estimate of drug-likeness (QED) is 0.490. The monoisotopic (exact) mass is 112 g/mol. The van der Waals surface area contributed by atoms with E-state index in [1.54, 1.807) is 0 Å². The summed E-state index contributed by atoms with van der Waals surface area (Å²) in [5.41, 5.74) is 2.26. The van der Waals surface area contributed by atoms with Crippen molar-refractivity contribution in [3.8, 4) is 0 Å². The van der Waals surface area contributed by atoms with Crippen molar-refractivity contribution in [1.82, 2.24) is 0 Å². The standard InChI is InChI=1S/C6H12Si/c1-3-5-6-7-4-2/h5-6H,3-4H2,1-2H3/b6-5+. The van der Waals surface area contributed by atoms with Crippen LogP contribution in [0, 0.1) is 0 Å². The molecule has 0 aliphatic carbocycles. The van der Waals surface area contributed by atoms with Gasteiger partial charge in [-0.15, -0.1) is 5.70 Å². The van der Waals surface area contributed by atoms with Crippen molar-refractivity contribution in [2.24, 2.45) is 0 Å². The molecule has 40 valence electrons. The summed E-state index contributed by atoms with van der Waals surface area (Å²) in [7, 11) is 1.04. The van der Waals surface area contributed by atoms with Gasteiger partial charge in [0.05, 0.1) is 9.52 Å². The molecular formula is C6H12Si. The van der Waals surface area contributed by atoms with Crippen molar-refractivity contribution < 1.29 is 0 Å². The fourth-order valence-corrected chi connectivity index (χ4v) is 0.957. The molecule has 0 N–H and O–H groups in total. The Balaban J connectivity index is 2.78. The topological polar surface area (TPSA) is 0 Å². The van der Waals surface area contributed by atoms with E-state index in [4.69, 9.17) is 0 Å². The summed E-state index contributed by atoms with van der Waals surface area (Å²) in [6, 6.07) is 1.30. The fourth-order valence-electron chi connectivity index (χ4n) is 0.319. The Kier molecular flexibility index (Phi) is 5.92. The van der Waals surface area contributed by atoms with Crippen molar-refractivity contribution >= 4 is 9.52 Å². The minimum atomic E-state index is 1.04. The van der Waals surface area contributed by atoms with Gasteiger partial charge >= 0.3 is 0 Å². The van der Waals surface area contributed by atoms with Gasteiger partial charge < -0.3 is 0 Å². The van der Waals surface area contributed by atoms with Crippen LogP contribution in [-0.4, -0.2) is 9.52 Å². The van der Waals surface area contributed by atoms with Crippen molar-refractivity contribution in [2.75, 3.05) is 0 Å². The lowest BCUT2D eigenvalue weighted by atomic mass is 10.5. The zero-order valence-corrected chi connectivity index (χ0v) is 6.07. The minimum absolute atomic E-state index is 1.04. The zero-order valence-electron chi connectivity index (χ0n) is 5.07. The molecule has 0 bridgehead atoms.